The predicted molar refractivity (Wildman–Crippen MR) is 137 cm³/mol. The highest BCUT2D eigenvalue weighted by Crippen LogP contribution is 2.19. The first-order chi connectivity index (χ1) is 15.9. The summed E-state index contributed by atoms with van der Waals surface area (Å²) in [7, 11) is 0. The summed E-state index contributed by atoms with van der Waals surface area (Å²) in [6.07, 6.45) is 3.11. The number of carbonyl (C=O) groups is 2. The molecule has 0 saturated carbocycles. The van der Waals surface area contributed by atoms with Crippen molar-refractivity contribution < 1.29 is 14.3 Å². The molecule has 0 saturated heterocycles. The molecule has 0 aliphatic heterocycles. The zero-order valence-corrected chi connectivity index (χ0v) is 19.2. The van der Waals surface area contributed by atoms with Crippen LogP contribution in [0.4, 0.5) is 11.4 Å². The van der Waals surface area contributed by atoms with E-state index in [1.165, 1.54) is 6.08 Å². The highest BCUT2D eigenvalue weighted by molar-refractivity contribution is 7.80. The maximum atomic E-state index is 12.8. The molecule has 0 fully saturated rings. The van der Waals surface area contributed by atoms with Crippen LogP contribution in [0.2, 0.25) is 0 Å². The second-order valence-electron chi connectivity index (χ2n) is 7.14. The third-order valence-electron chi connectivity index (χ3n) is 4.58. The molecule has 0 bridgehead atoms. The number of ether oxygens (including phenoxy) is 1. The van der Waals surface area contributed by atoms with Crippen LogP contribution in [0, 0.1) is 6.92 Å². The van der Waals surface area contributed by atoms with Gasteiger partial charge < -0.3 is 15.4 Å². The van der Waals surface area contributed by atoms with E-state index in [2.05, 4.69) is 16.0 Å². The number of aryl methyl sites for hydroxylation is 1. The fraction of sp³-hybridized carbons (Fsp3) is 0.115. The van der Waals surface area contributed by atoms with E-state index in [1.807, 2.05) is 38.1 Å². The Morgan fingerprint density at radius 2 is 1.64 bits per heavy atom. The van der Waals surface area contributed by atoms with Crippen molar-refractivity contribution >= 4 is 46.6 Å². The van der Waals surface area contributed by atoms with Gasteiger partial charge in [0.1, 0.15) is 5.75 Å². The number of rotatable bonds is 7. The monoisotopic (exact) mass is 459 g/mol. The molecule has 168 valence electrons. The molecule has 0 aromatic heterocycles. The minimum absolute atomic E-state index is 0.0925. The minimum atomic E-state index is -0.371. The highest BCUT2D eigenvalue weighted by Gasteiger charge is 2.13. The molecule has 33 heavy (non-hydrogen) atoms. The van der Waals surface area contributed by atoms with E-state index in [1.54, 1.807) is 54.6 Å². The summed E-state index contributed by atoms with van der Waals surface area (Å²) in [4.78, 5) is 25.0. The first-order valence-corrected chi connectivity index (χ1v) is 10.9. The van der Waals surface area contributed by atoms with Crippen LogP contribution in [-0.2, 0) is 4.79 Å². The molecule has 0 radical (unpaired) electrons. The molecule has 0 atom stereocenters. The lowest BCUT2D eigenvalue weighted by Gasteiger charge is -2.13. The average Bonchev–Trinajstić information content (AvgIpc) is 2.80. The Labute approximate surface area is 198 Å². The number of carbonyl (C=O) groups excluding carboxylic acids is 2. The molecular formula is C26H25N3O3S. The van der Waals surface area contributed by atoms with Gasteiger partial charge >= 0.3 is 0 Å². The topological polar surface area (TPSA) is 79.5 Å². The van der Waals surface area contributed by atoms with Crippen LogP contribution < -0.4 is 20.7 Å². The molecule has 3 rings (SSSR count). The predicted octanol–water partition coefficient (Wildman–Crippen LogP) is 5.17. The van der Waals surface area contributed by atoms with Crippen molar-refractivity contribution in [2.24, 2.45) is 0 Å². The summed E-state index contributed by atoms with van der Waals surface area (Å²) in [5.74, 6) is 0.0510. The van der Waals surface area contributed by atoms with Crippen LogP contribution in [0.5, 0.6) is 5.75 Å². The van der Waals surface area contributed by atoms with Gasteiger partial charge in [0.15, 0.2) is 5.11 Å². The smallest absolute Gasteiger partial charge is 0.257 e. The summed E-state index contributed by atoms with van der Waals surface area (Å²) < 4.78 is 5.42. The molecule has 6 nitrogen and oxygen atoms in total. The van der Waals surface area contributed by atoms with Gasteiger partial charge in [-0.1, -0.05) is 42.0 Å². The Morgan fingerprint density at radius 1 is 0.939 bits per heavy atom. The van der Waals surface area contributed by atoms with Gasteiger partial charge in [0, 0.05) is 11.8 Å². The number of hydrogen-bond donors (Lipinski definition) is 3. The number of benzene rings is 3. The Kier molecular flexibility index (Phi) is 8.32. The summed E-state index contributed by atoms with van der Waals surface area (Å²) >= 11 is 5.25. The highest BCUT2D eigenvalue weighted by atomic mass is 32.1. The van der Waals surface area contributed by atoms with Gasteiger partial charge in [0.2, 0.25) is 5.91 Å². The van der Waals surface area contributed by atoms with Crippen LogP contribution in [0.1, 0.15) is 28.4 Å². The molecule has 0 spiro atoms. The van der Waals surface area contributed by atoms with Gasteiger partial charge in [0.25, 0.3) is 5.91 Å². The first kappa shape index (κ1) is 23.7. The molecule has 3 aromatic rings. The van der Waals surface area contributed by atoms with Crippen LogP contribution in [-0.4, -0.2) is 23.5 Å². The van der Waals surface area contributed by atoms with Crippen molar-refractivity contribution in [3.05, 3.63) is 95.6 Å². The lowest BCUT2D eigenvalue weighted by molar-refractivity contribution is -0.115. The Balaban J connectivity index is 1.60. The summed E-state index contributed by atoms with van der Waals surface area (Å²) in [5, 5.41) is 8.46. The molecule has 0 heterocycles. The minimum Gasteiger partial charge on any atom is -0.494 e. The van der Waals surface area contributed by atoms with Crippen molar-refractivity contribution in [2.75, 3.05) is 17.2 Å². The number of nitrogens with one attached hydrogen (secondary N) is 3. The second-order valence-corrected chi connectivity index (χ2v) is 7.55. The van der Waals surface area contributed by atoms with E-state index in [9.17, 15) is 9.59 Å². The van der Waals surface area contributed by atoms with Crippen molar-refractivity contribution in [3.63, 3.8) is 0 Å². The van der Waals surface area contributed by atoms with E-state index in [4.69, 9.17) is 17.0 Å². The van der Waals surface area contributed by atoms with E-state index >= 15 is 0 Å². The second kappa shape index (κ2) is 11.6. The maximum absolute atomic E-state index is 12.8. The van der Waals surface area contributed by atoms with Crippen LogP contribution in [0.3, 0.4) is 0 Å². The van der Waals surface area contributed by atoms with Crippen molar-refractivity contribution in [2.45, 2.75) is 13.8 Å². The van der Waals surface area contributed by atoms with E-state index in [0.29, 0.717) is 23.5 Å². The summed E-state index contributed by atoms with van der Waals surface area (Å²) in [6.45, 7) is 4.48. The van der Waals surface area contributed by atoms with Crippen LogP contribution in [0.25, 0.3) is 6.08 Å². The fourth-order valence-electron chi connectivity index (χ4n) is 2.95. The maximum Gasteiger partial charge on any atom is 0.257 e. The normalized spacial score (nSPS) is 10.5. The molecule has 0 aliphatic carbocycles. The lowest BCUT2D eigenvalue weighted by atomic mass is 10.1. The molecule has 3 aromatic carbocycles. The largest absolute Gasteiger partial charge is 0.494 e. The van der Waals surface area contributed by atoms with Gasteiger partial charge in [-0.3, -0.25) is 14.9 Å². The molecule has 0 unspecified atom stereocenters. The summed E-state index contributed by atoms with van der Waals surface area (Å²) in [5.41, 5.74) is 3.56. The van der Waals surface area contributed by atoms with E-state index in [0.717, 1.165) is 16.9 Å². The zero-order valence-electron chi connectivity index (χ0n) is 18.4. The number of para-hydroxylation sites is 1. The summed E-state index contributed by atoms with van der Waals surface area (Å²) in [6, 6.07) is 21.8. The van der Waals surface area contributed by atoms with Crippen molar-refractivity contribution in [3.8, 4) is 5.75 Å². The quantitative estimate of drug-likeness (QED) is 0.335. The third-order valence-corrected chi connectivity index (χ3v) is 4.79. The van der Waals surface area contributed by atoms with Gasteiger partial charge in [-0.2, -0.15) is 0 Å². The van der Waals surface area contributed by atoms with Crippen molar-refractivity contribution in [1.82, 2.24) is 5.32 Å². The van der Waals surface area contributed by atoms with Gasteiger partial charge in [0.05, 0.1) is 17.9 Å². The molecule has 2 amide bonds. The van der Waals surface area contributed by atoms with E-state index in [-0.39, 0.29) is 16.9 Å². The fourth-order valence-corrected chi connectivity index (χ4v) is 3.16. The molecular weight excluding hydrogens is 434 g/mol. The van der Waals surface area contributed by atoms with Gasteiger partial charge in [-0.05, 0) is 74.1 Å². The number of thiocarbonyl (C=S) groups is 1. The first-order valence-electron chi connectivity index (χ1n) is 10.4. The molecule has 3 N–H and O–H groups in total. The number of hydrogen-bond acceptors (Lipinski definition) is 4. The molecule has 0 aliphatic rings. The number of amides is 2. The Bertz CT molecular complexity index is 1160. The number of anilines is 2. The average molecular weight is 460 g/mol. The van der Waals surface area contributed by atoms with Gasteiger partial charge in [-0.15, -0.1) is 0 Å². The Morgan fingerprint density at radius 3 is 2.33 bits per heavy atom. The standard InChI is InChI=1S/C26H25N3O3S/c1-3-32-21-15-13-20(14-16-21)27-25(31)22-6-4-5-7-23(22)28-26(33)29-24(30)17-12-19-10-8-18(2)9-11-19/h4-17H,3H2,1-2H3,(H,27,31)(H2,28,29,30,33)/b17-12+. The van der Waals surface area contributed by atoms with Crippen LogP contribution in [0.15, 0.2) is 78.9 Å². The Hall–Kier alpha value is -3.97. The third kappa shape index (κ3) is 7.29. The SMILES string of the molecule is CCOc1ccc(NC(=O)c2ccccc2NC(=S)NC(=O)/C=C/c2ccc(C)cc2)cc1. The van der Waals surface area contributed by atoms with Crippen LogP contribution >= 0.6 is 12.2 Å². The molecule has 7 heteroatoms. The zero-order chi connectivity index (χ0) is 23.6. The van der Waals surface area contributed by atoms with E-state index < -0.39 is 0 Å². The van der Waals surface area contributed by atoms with Gasteiger partial charge in [-0.25, -0.2) is 0 Å². The lowest BCUT2D eigenvalue weighted by Crippen LogP contribution is -2.33. The van der Waals surface area contributed by atoms with Crippen molar-refractivity contribution in [1.29, 1.82) is 0 Å².